The average Bonchev–Trinajstić information content (AvgIpc) is 2.16. The van der Waals surface area contributed by atoms with Gasteiger partial charge in [-0.05, 0) is 37.0 Å². The molecule has 0 radical (unpaired) electrons. The number of allylic oxidation sites excluding steroid dienone is 1. The minimum Gasteiger partial charge on any atom is -0.103 e. The molecule has 0 aliphatic heterocycles. The molecule has 0 aliphatic rings. The Hall–Kier alpha value is -0.260. The van der Waals surface area contributed by atoms with Crippen molar-refractivity contribution in [3.63, 3.8) is 0 Å². The van der Waals surface area contributed by atoms with Crippen LogP contribution in [-0.4, -0.2) is 0 Å². The summed E-state index contributed by atoms with van der Waals surface area (Å²) in [7, 11) is 0. The quantitative estimate of drug-likeness (QED) is 0.344. The third kappa shape index (κ3) is 7.64. The van der Waals surface area contributed by atoms with Crippen LogP contribution in [0.4, 0.5) is 0 Å². The van der Waals surface area contributed by atoms with Gasteiger partial charge in [0.25, 0.3) is 0 Å². The van der Waals surface area contributed by atoms with E-state index >= 15 is 0 Å². The van der Waals surface area contributed by atoms with Gasteiger partial charge in [0.05, 0.1) is 0 Å². The number of hydrogen-bond donors (Lipinski definition) is 0. The van der Waals surface area contributed by atoms with Crippen LogP contribution in [0.5, 0.6) is 0 Å². The molecule has 0 aromatic rings. The molecular formula is C15H30. The number of unbranched alkanes of at least 4 members (excludes halogenated alkanes) is 3. The highest BCUT2D eigenvalue weighted by Crippen LogP contribution is 2.35. The highest BCUT2D eigenvalue weighted by Gasteiger charge is 2.22. The molecule has 0 rings (SSSR count). The smallest absolute Gasteiger partial charge is 0.0326 e. The normalized spacial score (nSPS) is 15.3. The lowest BCUT2D eigenvalue weighted by atomic mass is 9.76. The average molecular weight is 210 g/mol. The fraction of sp³-hybridized carbons (Fsp3) is 0.867. The molecule has 0 saturated carbocycles. The van der Waals surface area contributed by atoms with Crippen molar-refractivity contribution in [2.45, 2.75) is 72.6 Å². The molecule has 0 aliphatic carbocycles. The van der Waals surface area contributed by atoms with E-state index in [1.807, 2.05) is 6.08 Å². The summed E-state index contributed by atoms with van der Waals surface area (Å²) < 4.78 is 0. The summed E-state index contributed by atoms with van der Waals surface area (Å²) in [5.74, 6) is 0.836. The maximum atomic E-state index is 3.76. The molecule has 0 N–H and O–H groups in total. The lowest BCUT2D eigenvalue weighted by Gasteiger charge is -2.30. The van der Waals surface area contributed by atoms with E-state index in [2.05, 4.69) is 34.3 Å². The Balaban J connectivity index is 3.72. The zero-order chi connectivity index (χ0) is 11.7. The molecule has 90 valence electrons. The number of hydrogen-bond acceptors (Lipinski definition) is 0. The van der Waals surface area contributed by atoms with Crippen molar-refractivity contribution in [1.82, 2.24) is 0 Å². The van der Waals surface area contributed by atoms with Gasteiger partial charge in [0.2, 0.25) is 0 Å². The first-order valence-electron chi connectivity index (χ1n) is 6.65. The molecule has 1 unspecified atom stereocenters. The van der Waals surface area contributed by atoms with E-state index in [9.17, 15) is 0 Å². The number of rotatable bonds is 9. The summed E-state index contributed by atoms with van der Waals surface area (Å²) in [6, 6.07) is 0. The standard InChI is InChI=1S/C15H30/c1-6-8-9-10-11-12-15(5,7-2)13-14(3)4/h6,14H,1,7-13H2,2-5H3. The molecule has 0 heterocycles. The van der Waals surface area contributed by atoms with Crippen LogP contribution in [0.25, 0.3) is 0 Å². The molecule has 0 fully saturated rings. The van der Waals surface area contributed by atoms with Gasteiger partial charge in [-0.1, -0.05) is 53.0 Å². The second kappa shape index (κ2) is 7.96. The van der Waals surface area contributed by atoms with Crippen molar-refractivity contribution in [2.24, 2.45) is 11.3 Å². The summed E-state index contributed by atoms with van der Waals surface area (Å²) >= 11 is 0. The van der Waals surface area contributed by atoms with Crippen LogP contribution in [0.2, 0.25) is 0 Å². The van der Waals surface area contributed by atoms with E-state index in [1.54, 1.807) is 0 Å². The van der Waals surface area contributed by atoms with Gasteiger partial charge in [-0.25, -0.2) is 0 Å². The Bertz CT molecular complexity index is 157. The van der Waals surface area contributed by atoms with E-state index in [4.69, 9.17) is 0 Å². The van der Waals surface area contributed by atoms with Crippen LogP contribution >= 0.6 is 0 Å². The van der Waals surface area contributed by atoms with Gasteiger partial charge in [-0.2, -0.15) is 0 Å². The van der Waals surface area contributed by atoms with Crippen LogP contribution < -0.4 is 0 Å². The predicted molar refractivity (Wildman–Crippen MR) is 71.1 cm³/mol. The lowest BCUT2D eigenvalue weighted by molar-refractivity contribution is 0.218. The van der Waals surface area contributed by atoms with Crippen molar-refractivity contribution < 1.29 is 0 Å². The lowest BCUT2D eigenvalue weighted by Crippen LogP contribution is -2.17. The third-order valence-electron chi connectivity index (χ3n) is 3.44. The first kappa shape index (κ1) is 14.7. The molecule has 0 heteroatoms. The van der Waals surface area contributed by atoms with Gasteiger partial charge in [0.15, 0.2) is 0 Å². The molecule has 0 bridgehead atoms. The van der Waals surface area contributed by atoms with Gasteiger partial charge in [0.1, 0.15) is 0 Å². The highest BCUT2D eigenvalue weighted by molar-refractivity contribution is 4.74. The molecule has 0 amide bonds. The van der Waals surface area contributed by atoms with Gasteiger partial charge >= 0.3 is 0 Å². The maximum Gasteiger partial charge on any atom is -0.0326 e. The molecule has 0 spiro atoms. The van der Waals surface area contributed by atoms with Crippen LogP contribution in [0.15, 0.2) is 12.7 Å². The zero-order valence-electron chi connectivity index (χ0n) is 11.3. The fourth-order valence-electron chi connectivity index (χ4n) is 2.43. The summed E-state index contributed by atoms with van der Waals surface area (Å²) in [6.45, 7) is 13.2. The van der Waals surface area contributed by atoms with Crippen molar-refractivity contribution in [3.8, 4) is 0 Å². The molecule has 15 heavy (non-hydrogen) atoms. The van der Waals surface area contributed by atoms with E-state index in [1.165, 1.54) is 44.9 Å². The van der Waals surface area contributed by atoms with E-state index in [0.29, 0.717) is 5.41 Å². The molecule has 0 aromatic carbocycles. The van der Waals surface area contributed by atoms with Gasteiger partial charge < -0.3 is 0 Å². The minimum absolute atomic E-state index is 0.586. The topological polar surface area (TPSA) is 0 Å². The first-order chi connectivity index (χ1) is 7.04. The van der Waals surface area contributed by atoms with Crippen LogP contribution in [0.3, 0.4) is 0 Å². The molecule has 1 atom stereocenters. The van der Waals surface area contributed by atoms with Crippen molar-refractivity contribution in [2.75, 3.05) is 0 Å². The Morgan fingerprint density at radius 3 is 2.33 bits per heavy atom. The van der Waals surface area contributed by atoms with Gasteiger partial charge in [-0.15, -0.1) is 6.58 Å². The summed E-state index contributed by atoms with van der Waals surface area (Å²) in [5.41, 5.74) is 0.586. The predicted octanol–water partition coefficient (Wildman–Crippen LogP) is 5.59. The second-order valence-corrected chi connectivity index (χ2v) is 5.65. The van der Waals surface area contributed by atoms with Gasteiger partial charge in [0, 0.05) is 0 Å². The fourth-order valence-corrected chi connectivity index (χ4v) is 2.43. The van der Waals surface area contributed by atoms with Crippen molar-refractivity contribution in [3.05, 3.63) is 12.7 Å². The van der Waals surface area contributed by atoms with E-state index in [-0.39, 0.29) is 0 Å². The van der Waals surface area contributed by atoms with Gasteiger partial charge in [-0.3, -0.25) is 0 Å². The summed E-state index contributed by atoms with van der Waals surface area (Å²) in [5, 5.41) is 0. The summed E-state index contributed by atoms with van der Waals surface area (Å²) in [6.07, 6.45) is 11.4. The van der Waals surface area contributed by atoms with Crippen LogP contribution in [-0.2, 0) is 0 Å². The second-order valence-electron chi connectivity index (χ2n) is 5.65. The largest absolute Gasteiger partial charge is 0.103 e. The van der Waals surface area contributed by atoms with Crippen LogP contribution in [0.1, 0.15) is 72.6 Å². The van der Waals surface area contributed by atoms with Crippen LogP contribution in [0, 0.1) is 11.3 Å². The Kier molecular flexibility index (Phi) is 7.82. The third-order valence-corrected chi connectivity index (χ3v) is 3.44. The molecule has 0 saturated heterocycles. The van der Waals surface area contributed by atoms with E-state index < -0.39 is 0 Å². The SMILES string of the molecule is C=CCCCCCC(C)(CC)CC(C)C. The van der Waals surface area contributed by atoms with Crippen molar-refractivity contribution in [1.29, 1.82) is 0 Å². The Morgan fingerprint density at radius 1 is 1.20 bits per heavy atom. The monoisotopic (exact) mass is 210 g/mol. The maximum absolute atomic E-state index is 3.76. The molecular weight excluding hydrogens is 180 g/mol. The zero-order valence-corrected chi connectivity index (χ0v) is 11.3. The Morgan fingerprint density at radius 2 is 1.87 bits per heavy atom. The Labute approximate surface area is 97.2 Å². The highest BCUT2D eigenvalue weighted by atomic mass is 14.3. The first-order valence-corrected chi connectivity index (χ1v) is 6.65. The van der Waals surface area contributed by atoms with Crippen molar-refractivity contribution >= 4 is 0 Å². The molecule has 0 nitrogen and oxygen atoms in total. The minimum atomic E-state index is 0.586. The summed E-state index contributed by atoms with van der Waals surface area (Å²) in [4.78, 5) is 0. The van der Waals surface area contributed by atoms with E-state index in [0.717, 1.165) is 5.92 Å². The molecule has 0 aromatic heterocycles.